The predicted octanol–water partition coefficient (Wildman–Crippen LogP) is 7.11. The van der Waals surface area contributed by atoms with Gasteiger partial charge < -0.3 is 24.0 Å². The van der Waals surface area contributed by atoms with Crippen LogP contribution in [-0.2, 0) is 59.5 Å². The van der Waals surface area contributed by atoms with Gasteiger partial charge in [0.2, 0.25) is 17.7 Å². The standard InChI is InChI=1S/C51H62ClN5O9S/c1-32(2)66-45-29-40(34(5)26-38(45)28-47-53-30-42(52)43(54-47)27-37-10-6-7-14-46(37)67(62,63)33(3)4)36-17-20-56(21-18-36)49(59)19-23-65-25-24-64-22-9-12-35-11-8-13-39-41(35)31-57(51(39)61)44-15-16-48(58)55-50(44)60/h6-8,10-11,13-14,26,29-30,32-33,36,44H,9,12,15-25,27-28,31H2,1-5H3,(H,55,58,60). The first-order chi connectivity index (χ1) is 32.1. The minimum atomic E-state index is -3.51. The highest BCUT2D eigenvalue weighted by atomic mass is 35.5. The Labute approximate surface area is 399 Å². The third kappa shape index (κ3) is 12.1. The number of ether oxygens (including phenoxy) is 3. The van der Waals surface area contributed by atoms with Crippen molar-refractivity contribution in [3.8, 4) is 5.75 Å². The number of nitrogens with one attached hydrogen (secondary N) is 1. The Morgan fingerprint density at radius 1 is 0.896 bits per heavy atom. The van der Waals surface area contributed by atoms with Gasteiger partial charge in [0.1, 0.15) is 17.6 Å². The number of hydrogen-bond donors (Lipinski definition) is 1. The number of likely N-dealkylation sites (tertiary alicyclic amines) is 1. The highest BCUT2D eigenvalue weighted by molar-refractivity contribution is 7.92. The lowest BCUT2D eigenvalue weighted by Crippen LogP contribution is -2.52. The van der Waals surface area contributed by atoms with Crippen LogP contribution in [0.1, 0.15) is 127 Å². The first kappa shape index (κ1) is 49.7. The van der Waals surface area contributed by atoms with Gasteiger partial charge in [-0.1, -0.05) is 48.0 Å². The number of imide groups is 1. The number of halogens is 1. The van der Waals surface area contributed by atoms with Crippen molar-refractivity contribution in [2.75, 3.05) is 39.5 Å². The van der Waals surface area contributed by atoms with E-state index in [1.807, 2.05) is 36.9 Å². The summed E-state index contributed by atoms with van der Waals surface area (Å²) in [6, 6.07) is 16.3. The summed E-state index contributed by atoms with van der Waals surface area (Å²) < 4.78 is 44.2. The van der Waals surface area contributed by atoms with Crippen LogP contribution in [0.3, 0.4) is 0 Å². The van der Waals surface area contributed by atoms with Gasteiger partial charge in [0.05, 0.1) is 53.2 Å². The van der Waals surface area contributed by atoms with Gasteiger partial charge in [0, 0.05) is 62.8 Å². The van der Waals surface area contributed by atoms with E-state index >= 15 is 0 Å². The normalized spacial score (nSPS) is 16.8. The summed E-state index contributed by atoms with van der Waals surface area (Å²) in [5.41, 5.74) is 7.07. The monoisotopic (exact) mass is 955 g/mol. The average molecular weight is 957 g/mol. The van der Waals surface area contributed by atoms with Crippen molar-refractivity contribution in [3.05, 3.63) is 116 Å². The van der Waals surface area contributed by atoms with Crippen molar-refractivity contribution in [3.63, 3.8) is 0 Å². The van der Waals surface area contributed by atoms with E-state index < -0.39 is 27.0 Å². The third-order valence-electron chi connectivity index (χ3n) is 12.8. The van der Waals surface area contributed by atoms with E-state index in [-0.39, 0.29) is 47.5 Å². The lowest BCUT2D eigenvalue weighted by Gasteiger charge is -2.33. The number of rotatable bonds is 20. The molecule has 1 unspecified atom stereocenters. The number of nitrogens with zero attached hydrogens (tertiary/aromatic N) is 4. The molecule has 4 amide bonds. The van der Waals surface area contributed by atoms with Crippen LogP contribution < -0.4 is 10.1 Å². The van der Waals surface area contributed by atoms with E-state index in [0.717, 1.165) is 53.7 Å². The molecule has 0 spiro atoms. The van der Waals surface area contributed by atoms with E-state index in [0.29, 0.717) is 93.0 Å². The molecule has 0 aliphatic carbocycles. The summed E-state index contributed by atoms with van der Waals surface area (Å²) >= 11 is 6.59. The number of aryl methyl sites for hydroxylation is 2. The van der Waals surface area contributed by atoms with Gasteiger partial charge in [-0.25, -0.2) is 18.4 Å². The molecule has 0 saturated carbocycles. The molecule has 1 aromatic heterocycles. The maximum absolute atomic E-state index is 13.2. The fraction of sp³-hybridized carbons (Fsp3) is 0.490. The Morgan fingerprint density at radius 3 is 2.36 bits per heavy atom. The Kier molecular flexibility index (Phi) is 16.5. The number of piperidine rings is 2. The second kappa shape index (κ2) is 22.3. The van der Waals surface area contributed by atoms with Crippen molar-refractivity contribution in [2.24, 2.45) is 0 Å². The van der Waals surface area contributed by atoms with E-state index in [9.17, 15) is 27.6 Å². The molecule has 3 aromatic carbocycles. The number of amides is 4. The molecule has 14 nitrogen and oxygen atoms in total. The van der Waals surface area contributed by atoms with Gasteiger partial charge >= 0.3 is 0 Å². The molecule has 7 rings (SSSR count). The molecule has 3 aliphatic heterocycles. The summed E-state index contributed by atoms with van der Waals surface area (Å²) in [7, 11) is -3.51. The molecule has 1 atom stereocenters. The van der Waals surface area contributed by atoms with Crippen LogP contribution in [0, 0.1) is 6.92 Å². The second-order valence-corrected chi connectivity index (χ2v) is 21.1. The number of sulfone groups is 1. The van der Waals surface area contributed by atoms with Crippen molar-refractivity contribution < 1.29 is 41.8 Å². The second-order valence-electron chi connectivity index (χ2n) is 18.2. The number of fused-ring (bicyclic) bond motifs is 1. The average Bonchev–Trinajstić information content (AvgIpc) is 3.63. The number of carbonyl (C=O) groups excluding carboxylic acids is 4. The predicted molar refractivity (Wildman–Crippen MR) is 254 cm³/mol. The zero-order chi connectivity index (χ0) is 47.8. The minimum absolute atomic E-state index is 0.0681. The van der Waals surface area contributed by atoms with Crippen LogP contribution in [0.5, 0.6) is 5.75 Å². The van der Waals surface area contributed by atoms with Gasteiger partial charge in [-0.15, -0.1) is 0 Å². The van der Waals surface area contributed by atoms with Crippen molar-refractivity contribution in [1.82, 2.24) is 25.1 Å². The molecular formula is C51H62ClN5O9S. The molecule has 0 radical (unpaired) electrons. The van der Waals surface area contributed by atoms with Gasteiger partial charge in [0.25, 0.3) is 5.91 Å². The van der Waals surface area contributed by atoms with Crippen LogP contribution in [-0.4, -0.2) is 109 Å². The van der Waals surface area contributed by atoms with Crippen molar-refractivity contribution in [1.29, 1.82) is 0 Å². The lowest BCUT2D eigenvalue weighted by atomic mass is 9.85. The quantitative estimate of drug-likeness (QED) is 0.0706. The molecule has 3 aliphatic rings. The number of aromatic nitrogens is 2. The Hall–Kier alpha value is -5.22. The van der Waals surface area contributed by atoms with Crippen LogP contribution in [0.2, 0.25) is 5.02 Å². The number of carbonyl (C=O) groups is 4. The molecule has 1 N–H and O–H groups in total. The smallest absolute Gasteiger partial charge is 0.255 e. The molecule has 16 heteroatoms. The number of hydrogen-bond acceptors (Lipinski definition) is 11. The summed E-state index contributed by atoms with van der Waals surface area (Å²) in [5, 5.41) is 2.16. The van der Waals surface area contributed by atoms with E-state index in [1.54, 1.807) is 49.2 Å². The molecule has 67 heavy (non-hydrogen) atoms. The first-order valence-electron chi connectivity index (χ1n) is 23.4. The maximum Gasteiger partial charge on any atom is 0.255 e. The van der Waals surface area contributed by atoms with Crippen molar-refractivity contribution in [2.45, 2.75) is 127 Å². The molecule has 2 fully saturated rings. The van der Waals surface area contributed by atoms with Gasteiger partial charge in [-0.05, 0) is 119 Å². The van der Waals surface area contributed by atoms with E-state index in [2.05, 4.69) is 29.4 Å². The zero-order valence-electron chi connectivity index (χ0n) is 39.1. The molecule has 4 heterocycles. The van der Waals surface area contributed by atoms with Crippen LogP contribution in [0.15, 0.2) is 65.7 Å². The largest absolute Gasteiger partial charge is 0.491 e. The molecule has 358 valence electrons. The molecule has 2 saturated heterocycles. The molecule has 4 aromatic rings. The summed E-state index contributed by atoms with van der Waals surface area (Å²) in [5.74, 6) is 0.764. The maximum atomic E-state index is 13.2. The van der Waals surface area contributed by atoms with Crippen LogP contribution in [0.25, 0.3) is 0 Å². The van der Waals surface area contributed by atoms with E-state index in [1.165, 1.54) is 5.56 Å². The van der Waals surface area contributed by atoms with Gasteiger partial charge in [-0.2, -0.15) is 0 Å². The Bertz CT molecular complexity index is 2580. The Balaban J connectivity index is 0.844. The van der Waals surface area contributed by atoms with Crippen LogP contribution >= 0.6 is 11.6 Å². The number of benzene rings is 3. The highest BCUT2D eigenvalue weighted by Crippen LogP contribution is 2.36. The fourth-order valence-corrected chi connectivity index (χ4v) is 10.7. The molecular weight excluding hydrogens is 894 g/mol. The minimum Gasteiger partial charge on any atom is -0.491 e. The first-order valence-corrected chi connectivity index (χ1v) is 25.3. The zero-order valence-corrected chi connectivity index (χ0v) is 40.7. The van der Waals surface area contributed by atoms with Gasteiger partial charge in [-0.3, -0.25) is 24.5 Å². The fourth-order valence-electron chi connectivity index (χ4n) is 9.22. The highest BCUT2D eigenvalue weighted by Gasteiger charge is 2.39. The topological polar surface area (TPSA) is 174 Å². The Morgan fingerprint density at radius 2 is 1.63 bits per heavy atom. The molecule has 0 bridgehead atoms. The summed E-state index contributed by atoms with van der Waals surface area (Å²) in [6.45, 7) is 12.7. The van der Waals surface area contributed by atoms with E-state index in [4.69, 9.17) is 30.8 Å². The van der Waals surface area contributed by atoms with Crippen molar-refractivity contribution >= 4 is 45.1 Å². The van der Waals surface area contributed by atoms with Gasteiger partial charge in [0.15, 0.2) is 9.84 Å². The SMILES string of the molecule is Cc1cc(Cc2ncc(Cl)c(Cc3ccccc3S(=O)(=O)C(C)C)n2)c(OC(C)C)cc1C1CCN(C(=O)CCOCCOCCCc2cccc3c2CN(C2CCC(=O)NC2=O)C3=O)CC1. The van der Waals surface area contributed by atoms with Crippen LogP contribution in [0.4, 0.5) is 0 Å². The lowest BCUT2D eigenvalue weighted by molar-refractivity contribution is -0.137. The summed E-state index contributed by atoms with van der Waals surface area (Å²) in [6.07, 6.45) is 6.15. The third-order valence-corrected chi connectivity index (χ3v) is 15.4. The summed E-state index contributed by atoms with van der Waals surface area (Å²) in [4.78, 5) is 63.5.